The van der Waals surface area contributed by atoms with Gasteiger partial charge >= 0.3 is 0 Å². The van der Waals surface area contributed by atoms with Crippen molar-refractivity contribution in [3.05, 3.63) is 88.8 Å². The van der Waals surface area contributed by atoms with E-state index in [-0.39, 0.29) is 36.4 Å². The van der Waals surface area contributed by atoms with Gasteiger partial charge in [-0.15, -0.1) is 0 Å². The largest absolute Gasteiger partial charge is 0.467 e. The maximum atomic E-state index is 13.4. The molecule has 0 aliphatic carbocycles. The Bertz CT molecular complexity index is 1100. The molecule has 3 rings (SSSR count). The van der Waals surface area contributed by atoms with Gasteiger partial charge in [0.2, 0.25) is 15.9 Å². The predicted molar refractivity (Wildman–Crippen MR) is 127 cm³/mol. The Kier molecular flexibility index (Phi) is 8.28. The lowest BCUT2D eigenvalue weighted by atomic mass is 10.2. The summed E-state index contributed by atoms with van der Waals surface area (Å²) >= 11 is 3.33. The molecular formula is C24H27BrN2O4S. The molecule has 8 heteroatoms. The molecule has 32 heavy (non-hydrogen) atoms. The van der Waals surface area contributed by atoms with Crippen molar-refractivity contribution >= 4 is 31.9 Å². The Hall–Kier alpha value is -2.42. The Morgan fingerprint density at radius 3 is 2.25 bits per heavy atom. The fraction of sp³-hybridized carbons (Fsp3) is 0.292. The number of halogens is 1. The Labute approximate surface area is 198 Å². The lowest BCUT2D eigenvalue weighted by Crippen LogP contribution is -2.43. The first-order valence-electron chi connectivity index (χ1n) is 10.4. The first-order chi connectivity index (χ1) is 15.3. The molecule has 0 spiro atoms. The monoisotopic (exact) mass is 518 g/mol. The van der Waals surface area contributed by atoms with E-state index in [1.807, 2.05) is 44.2 Å². The summed E-state index contributed by atoms with van der Waals surface area (Å²) in [5.74, 6) is 0.410. The Morgan fingerprint density at radius 1 is 0.969 bits per heavy atom. The van der Waals surface area contributed by atoms with E-state index in [1.165, 1.54) is 4.31 Å². The summed E-state index contributed by atoms with van der Waals surface area (Å²) in [6.45, 7) is 4.47. The van der Waals surface area contributed by atoms with Crippen LogP contribution in [0.25, 0.3) is 0 Å². The summed E-state index contributed by atoms with van der Waals surface area (Å²) in [6, 6.07) is 19.6. The van der Waals surface area contributed by atoms with Crippen molar-refractivity contribution in [1.82, 2.24) is 9.21 Å². The van der Waals surface area contributed by atoms with E-state index in [0.717, 1.165) is 10.0 Å². The van der Waals surface area contributed by atoms with E-state index in [9.17, 15) is 13.2 Å². The highest BCUT2D eigenvalue weighted by molar-refractivity contribution is 9.10. The van der Waals surface area contributed by atoms with Gasteiger partial charge in [-0.1, -0.05) is 60.1 Å². The number of nitrogens with zero attached hydrogens (tertiary/aromatic N) is 2. The number of rotatable bonds is 10. The number of carbonyl (C=O) groups is 1. The van der Waals surface area contributed by atoms with Crippen molar-refractivity contribution in [2.24, 2.45) is 5.92 Å². The number of carbonyl (C=O) groups excluding carboxylic acids is 1. The van der Waals surface area contributed by atoms with Crippen LogP contribution in [0, 0.1) is 5.92 Å². The van der Waals surface area contributed by atoms with E-state index in [2.05, 4.69) is 15.9 Å². The second kappa shape index (κ2) is 10.9. The number of amides is 1. The third-order valence-corrected chi connectivity index (χ3v) is 7.18. The predicted octanol–water partition coefficient (Wildman–Crippen LogP) is 4.92. The van der Waals surface area contributed by atoms with Crippen LogP contribution in [-0.2, 0) is 27.9 Å². The van der Waals surface area contributed by atoms with E-state index in [4.69, 9.17) is 4.42 Å². The molecule has 3 aromatic rings. The quantitative estimate of drug-likeness (QED) is 0.382. The van der Waals surface area contributed by atoms with Crippen LogP contribution in [0.4, 0.5) is 0 Å². The van der Waals surface area contributed by atoms with Gasteiger partial charge in [-0.3, -0.25) is 4.79 Å². The van der Waals surface area contributed by atoms with Crippen molar-refractivity contribution in [2.45, 2.75) is 31.8 Å². The smallest absolute Gasteiger partial charge is 0.243 e. The van der Waals surface area contributed by atoms with Crippen molar-refractivity contribution in [2.75, 3.05) is 13.1 Å². The van der Waals surface area contributed by atoms with Gasteiger partial charge in [0.1, 0.15) is 5.76 Å². The number of hydrogen-bond acceptors (Lipinski definition) is 4. The van der Waals surface area contributed by atoms with Gasteiger partial charge < -0.3 is 9.32 Å². The highest BCUT2D eigenvalue weighted by atomic mass is 79.9. The zero-order valence-electron chi connectivity index (χ0n) is 18.1. The molecule has 0 radical (unpaired) electrons. The molecular weight excluding hydrogens is 492 g/mol. The fourth-order valence-electron chi connectivity index (χ4n) is 3.29. The summed E-state index contributed by atoms with van der Waals surface area (Å²) < 4.78 is 34.2. The molecule has 0 saturated heterocycles. The summed E-state index contributed by atoms with van der Waals surface area (Å²) in [7, 11) is -3.83. The van der Waals surface area contributed by atoms with Gasteiger partial charge in [-0.05, 0) is 47.9 Å². The van der Waals surface area contributed by atoms with E-state index < -0.39 is 10.0 Å². The average Bonchev–Trinajstić information content (AvgIpc) is 3.26. The molecule has 1 heterocycles. The summed E-state index contributed by atoms with van der Waals surface area (Å²) in [5, 5.41) is 0. The molecule has 1 amide bonds. The number of sulfonamides is 1. The molecule has 0 unspecified atom stereocenters. The summed E-state index contributed by atoms with van der Waals surface area (Å²) in [5.41, 5.74) is 0.957. The van der Waals surface area contributed by atoms with Crippen LogP contribution >= 0.6 is 15.9 Å². The van der Waals surface area contributed by atoms with E-state index in [1.54, 1.807) is 47.6 Å². The van der Waals surface area contributed by atoms with E-state index >= 15 is 0 Å². The van der Waals surface area contributed by atoms with Crippen molar-refractivity contribution in [3.63, 3.8) is 0 Å². The van der Waals surface area contributed by atoms with Crippen LogP contribution in [0.2, 0.25) is 0 Å². The zero-order chi connectivity index (χ0) is 23.1. The summed E-state index contributed by atoms with van der Waals surface area (Å²) in [4.78, 5) is 15.2. The first kappa shape index (κ1) is 24.2. The van der Waals surface area contributed by atoms with Crippen LogP contribution < -0.4 is 0 Å². The van der Waals surface area contributed by atoms with Crippen LogP contribution in [0.15, 0.2) is 86.8 Å². The highest BCUT2D eigenvalue weighted by Gasteiger charge is 2.29. The standard InChI is InChI=1S/C24H27BrN2O4S/c1-19(2)15-27(32(29,30)23-12-10-21(25)11-13-23)18-24(28)26(17-22-9-6-14-31-22)16-20-7-4-3-5-8-20/h3-14,19H,15-18H2,1-2H3. The first-order valence-corrected chi connectivity index (χ1v) is 12.6. The minimum absolute atomic E-state index is 0.0562. The molecule has 0 atom stereocenters. The van der Waals surface area contributed by atoms with Crippen molar-refractivity contribution < 1.29 is 17.6 Å². The average molecular weight is 519 g/mol. The fourth-order valence-corrected chi connectivity index (χ4v) is 5.11. The van der Waals surface area contributed by atoms with Crippen LogP contribution in [0.1, 0.15) is 25.2 Å². The molecule has 0 aliphatic rings. The second-order valence-electron chi connectivity index (χ2n) is 7.96. The number of benzene rings is 2. The molecule has 0 saturated carbocycles. The third kappa shape index (κ3) is 6.54. The molecule has 6 nitrogen and oxygen atoms in total. The van der Waals surface area contributed by atoms with Gasteiger partial charge in [-0.2, -0.15) is 4.31 Å². The molecule has 170 valence electrons. The number of furan rings is 1. The van der Waals surface area contributed by atoms with Crippen LogP contribution in [0.3, 0.4) is 0 Å². The SMILES string of the molecule is CC(C)CN(CC(=O)N(Cc1ccccc1)Cc1ccco1)S(=O)(=O)c1ccc(Br)cc1. The van der Waals surface area contributed by atoms with Crippen molar-refractivity contribution in [1.29, 1.82) is 0 Å². The van der Waals surface area contributed by atoms with Gasteiger partial charge in [-0.25, -0.2) is 8.42 Å². The molecule has 2 aromatic carbocycles. The van der Waals surface area contributed by atoms with Gasteiger partial charge in [0.15, 0.2) is 0 Å². The van der Waals surface area contributed by atoms with Crippen molar-refractivity contribution in [3.8, 4) is 0 Å². The normalized spacial score (nSPS) is 11.8. The minimum atomic E-state index is -3.83. The molecule has 0 fully saturated rings. The number of hydrogen-bond donors (Lipinski definition) is 0. The Balaban J connectivity index is 1.86. The molecule has 0 N–H and O–H groups in total. The lowest BCUT2D eigenvalue weighted by molar-refractivity contribution is -0.133. The minimum Gasteiger partial charge on any atom is -0.467 e. The van der Waals surface area contributed by atoms with Gasteiger partial charge in [0.05, 0.1) is 24.2 Å². The molecule has 0 bridgehead atoms. The topological polar surface area (TPSA) is 70.8 Å². The second-order valence-corrected chi connectivity index (χ2v) is 10.8. The Morgan fingerprint density at radius 2 is 1.66 bits per heavy atom. The maximum Gasteiger partial charge on any atom is 0.243 e. The molecule has 0 aliphatic heterocycles. The van der Waals surface area contributed by atoms with E-state index in [0.29, 0.717) is 12.3 Å². The van der Waals surface area contributed by atoms with Crippen LogP contribution in [0.5, 0.6) is 0 Å². The molecule has 1 aromatic heterocycles. The van der Waals surface area contributed by atoms with Gasteiger partial charge in [0.25, 0.3) is 0 Å². The maximum absolute atomic E-state index is 13.4. The third-order valence-electron chi connectivity index (χ3n) is 4.83. The zero-order valence-corrected chi connectivity index (χ0v) is 20.6. The summed E-state index contributed by atoms with van der Waals surface area (Å²) in [6.07, 6.45) is 1.56. The van der Waals surface area contributed by atoms with Gasteiger partial charge in [0, 0.05) is 17.6 Å². The highest BCUT2D eigenvalue weighted by Crippen LogP contribution is 2.21. The lowest BCUT2D eigenvalue weighted by Gasteiger charge is -2.28. The van der Waals surface area contributed by atoms with Crippen LogP contribution in [-0.4, -0.2) is 36.6 Å².